The Kier molecular flexibility index (Phi) is 3.25. The average molecular weight is 184 g/mol. The molecule has 0 unspecified atom stereocenters. The average Bonchev–Trinajstić information content (AvgIpc) is 2.07. The zero-order valence-corrected chi connectivity index (χ0v) is 7.75. The van der Waals surface area contributed by atoms with Crippen LogP contribution in [0.2, 0.25) is 0 Å². The maximum Gasteiger partial charge on any atom is 0.165 e. The van der Waals surface area contributed by atoms with Gasteiger partial charge in [-0.1, -0.05) is 6.07 Å². The number of rotatable bonds is 3. The van der Waals surface area contributed by atoms with Gasteiger partial charge in [-0.25, -0.2) is 4.39 Å². The molecule has 0 aliphatic carbocycles. The number of ether oxygens (including phenoxy) is 1. The van der Waals surface area contributed by atoms with Gasteiger partial charge >= 0.3 is 0 Å². The van der Waals surface area contributed by atoms with Crippen LogP contribution in [0.4, 0.5) is 4.39 Å². The number of halogens is 1. The van der Waals surface area contributed by atoms with E-state index in [9.17, 15) is 4.39 Å². The van der Waals surface area contributed by atoms with Gasteiger partial charge < -0.3 is 9.84 Å². The first kappa shape index (κ1) is 9.99. The minimum Gasteiger partial charge on any atom is -0.494 e. The maximum atomic E-state index is 12.9. The van der Waals surface area contributed by atoms with E-state index in [2.05, 4.69) is 0 Å². The predicted molar refractivity (Wildman–Crippen MR) is 48.3 cm³/mol. The Labute approximate surface area is 77.0 Å². The number of hydrogen-bond acceptors (Lipinski definition) is 2. The van der Waals surface area contributed by atoms with Crippen LogP contribution in [-0.4, -0.2) is 18.3 Å². The normalized spacial score (nSPS) is 12.6. The van der Waals surface area contributed by atoms with E-state index in [0.29, 0.717) is 6.42 Å². The summed E-state index contributed by atoms with van der Waals surface area (Å²) in [5.74, 6) is -0.157. The van der Waals surface area contributed by atoms with Crippen molar-refractivity contribution in [1.82, 2.24) is 0 Å². The number of benzene rings is 1. The van der Waals surface area contributed by atoms with Gasteiger partial charge in [0.05, 0.1) is 13.2 Å². The number of aliphatic hydroxyl groups excluding tert-OH is 1. The predicted octanol–water partition coefficient (Wildman–Crippen LogP) is 1.76. The van der Waals surface area contributed by atoms with Crippen molar-refractivity contribution in [2.45, 2.75) is 19.4 Å². The monoisotopic (exact) mass is 184 g/mol. The molecule has 0 radical (unpaired) electrons. The molecule has 72 valence electrons. The largest absolute Gasteiger partial charge is 0.494 e. The molecular formula is C10H13FO2. The van der Waals surface area contributed by atoms with Crippen LogP contribution in [0.15, 0.2) is 18.2 Å². The van der Waals surface area contributed by atoms with Crippen molar-refractivity contribution in [3.05, 3.63) is 29.6 Å². The van der Waals surface area contributed by atoms with Gasteiger partial charge in [0, 0.05) is 0 Å². The Morgan fingerprint density at radius 1 is 1.54 bits per heavy atom. The maximum absolute atomic E-state index is 12.9. The molecule has 0 aromatic heterocycles. The minimum absolute atomic E-state index is 0.221. The number of methoxy groups -OCH3 is 1. The van der Waals surface area contributed by atoms with Crippen LogP contribution in [-0.2, 0) is 6.42 Å². The molecule has 0 aliphatic heterocycles. The van der Waals surface area contributed by atoms with Crippen LogP contribution < -0.4 is 4.74 Å². The van der Waals surface area contributed by atoms with Crippen molar-refractivity contribution in [2.24, 2.45) is 0 Å². The number of aliphatic hydroxyl groups is 1. The van der Waals surface area contributed by atoms with Crippen LogP contribution in [0.1, 0.15) is 12.5 Å². The molecule has 0 saturated heterocycles. The molecular weight excluding hydrogens is 171 g/mol. The van der Waals surface area contributed by atoms with Gasteiger partial charge in [-0.15, -0.1) is 0 Å². The molecule has 0 aliphatic rings. The van der Waals surface area contributed by atoms with Crippen molar-refractivity contribution in [3.63, 3.8) is 0 Å². The van der Waals surface area contributed by atoms with E-state index in [1.165, 1.54) is 13.2 Å². The topological polar surface area (TPSA) is 29.5 Å². The van der Waals surface area contributed by atoms with Gasteiger partial charge in [-0.2, -0.15) is 0 Å². The fraction of sp³-hybridized carbons (Fsp3) is 0.400. The summed E-state index contributed by atoms with van der Waals surface area (Å²) in [6, 6.07) is 4.59. The molecule has 0 heterocycles. The molecule has 1 rings (SSSR count). The summed E-state index contributed by atoms with van der Waals surface area (Å²) < 4.78 is 17.7. The molecule has 1 N–H and O–H groups in total. The van der Waals surface area contributed by atoms with Crippen molar-refractivity contribution in [1.29, 1.82) is 0 Å². The fourth-order valence-corrected chi connectivity index (χ4v) is 1.17. The second-order valence-electron chi connectivity index (χ2n) is 3.02. The fourth-order valence-electron chi connectivity index (χ4n) is 1.17. The Morgan fingerprint density at radius 2 is 2.23 bits per heavy atom. The highest BCUT2D eigenvalue weighted by molar-refractivity contribution is 5.30. The molecule has 1 aromatic carbocycles. The lowest BCUT2D eigenvalue weighted by Gasteiger charge is -2.07. The Hall–Kier alpha value is -1.09. The van der Waals surface area contributed by atoms with Gasteiger partial charge in [0.1, 0.15) is 0 Å². The summed E-state index contributed by atoms with van der Waals surface area (Å²) in [4.78, 5) is 0. The number of hydrogen-bond donors (Lipinski definition) is 1. The first-order valence-electron chi connectivity index (χ1n) is 4.14. The quantitative estimate of drug-likeness (QED) is 0.775. The third-order valence-corrected chi connectivity index (χ3v) is 1.75. The van der Waals surface area contributed by atoms with E-state index >= 15 is 0 Å². The van der Waals surface area contributed by atoms with Crippen LogP contribution in [0.5, 0.6) is 5.75 Å². The van der Waals surface area contributed by atoms with Gasteiger partial charge in [0.25, 0.3) is 0 Å². The standard InChI is InChI=1S/C10H13FO2/c1-7(12)5-8-3-4-9(11)10(6-8)13-2/h3-4,6-7,12H,5H2,1-2H3/t7-/m1/s1. The zero-order chi connectivity index (χ0) is 9.84. The van der Waals surface area contributed by atoms with Gasteiger partial charge in [0.15, 0.2) is 11.6 Å². The smallest absolute Gasteiger partial charge is 0.165 e. The molecule has 3 heteroatoms. The zero-order valence-electron chi connectivity index (χ0n) is 7.75. The summed E-state index contributed by atoms with van der Waals surface area (Å²) >= 11 is 0. The highest BCUT2D eigenvalue weighted by Gasteiger charge is 2.04. The third-order valence-electron chi connectivity index (χ3n) is 1.75. The molecule has 2 nitrogen and oxygen atoms in total. The summed E-state index contributed by atoms with van der Waals surface area (Å²) in [5.41, 5.74) is 0.869. The second kappa shape index (κ2) is 4.23. The summed E-state index contributed by atoms with van der Waals surface area (Å²) in [6.07, 6.45) is 0.0894. The van der Waals surface area contributed by atoms with E-state index in [-0.39, 0.29) is 11.6 Å². The Balaban J connectivity index is 2.86. The van der Waals surface area contributed by atoms with E-state index in [1.54, 1.807) is 19.1 Å². The molecule has 0 spiro atoms. The van der Waals surface area contributed by atoms with Crippen LogP contribution in [0.3, 0.4) is 0 Å². The lowest BCUT2D eigenvalue weighted by Crippen LogP contribution is -2.04. The molecule has 0 amide bonds. The summed E-state index contributed by atoms with van der Waals surface area (Å²) in [5, 5.41) is 9.10. The van der Waals surface area contributed by atoms with Crippen molar-refractivity contribution >= 4 is 0 Å². The molecule has 1 atom stereocenters. The minimum atomic E-state index is -0.421. The van der Waals surface area contributed by atoms with Crippen molar-refractivity contribution < 1.29 is 14.2 Å². The Bertz CT molecular complexity index is 284. The van der Waals surface area contributed by atoms with E-state index in [0.717, 1.165) is 5.56 Å². The molecule has 0 fully saturated rings. The second-order valence-corrected chi connectivity index (χ2v) is 3.02. The summed E-state index contributed by atoms with van der Waals surface area (Å²) in [7, 11) is 1.42. The molecule has 0 saturated carbocycles. The van der Waals surface area contributed by atoms with Crippen molar-refractivity contribution in [3.8, 4) is 5.75 Å². The third kappa shape index (κ3) is 2.70. The summed E-state index contributed by atoms with van der Waals surface area (Å²) in [6.45, 7) is 1.69. The van der Waals surface area contributed by atoms with Crippen LogP contribution in [0.25, 0.3) is 0 Å². The van der Waals surface area contributed by atoms with Gasteiger partial charge in [-0.3, -0.25) is 0 Å². The highest BCUT2D eigenvalue weighted by Crippen LogP contribution is 2.18. The Morgan fingerprint density at radius 3 is 2.77 bits per heavy atom. The van der Waals surface area contributed by atoms with Crippen molar-refractivity contribution in [2.75, 3.05) is 7.11 Å². The first-order chi connectivity index (χ1) is 6.13. The highest BCUT2D eigenvalue weighted by atomic mass is 19.1. The van der Waals surface area contributed by atoms with E-state index in [1.807, 2.05) is 0 Å². The first-order valence-corrected chi connectivity index (χ1v) is 4.14. The van der Waals surface area contributed by atoms with Crippen LogP contribution >= 0.6 is 0 Å². The molecule has 1 aromatic rings. The lowest BCUT2D eigenvalue weighted by molar-refractivity contribution is 0.195. The molecule has 13 heavy (non-hydrogen) atoms. The molecule has 0 bridgehead atoms. The lowest BCUT2D eigenvalue weighted by atomic mass is 10.1. The van der Waals surface area contributed by atoms with E-state index < -0.39 is 6.10 Å². The van der Waals surface area contributed by atoms with E-state index in [4.69, 9.17) is 9.84 Å². The van der Waals surface area contributed by atoms with Crippen LogP contribution in [0, 0.1) is 5.82 Å². The SMILES string of the molecule is COc1cc(C[C@@H](C)O)ccc1F. The van der Waals surface area contributed by atoms with Gasteiger partial charge in [0.2, 0.25) is 0 Å². The van der Waals surface area contributed by atoms with Gasteiger partial charge in [-0.05, 0) is 31.0 Å².